The first-order valence-electron chi connectivity index (χ1n) is 10.4. The molecule has 0 unspecified atom stereocenters. The highest BCUT2D eigenvalue weighted by molar-refractivity contribution is 5.70. The minimum Gasteiger partial charge on any atom is -0.385 e. The van der Waals surface area contributed by atoms with Gasteiger partial charge in [0.1, 0.15) is 0 Å². The monoisotopic (exact) mass is 361 g/mol. The van der Waals surface area contributed by atoms with E-state index in [9.17, 15) is 0 Å². The third-order valence-electron chi connectivity index (χ3n) is 5.98. The van der Waals surface area contributed by atoms with Gasteiger partial charge in [-0.3, -0.25) is 0 Å². The molecule has 0 aromatic heterocycles. The molecule has 0 bridgehead atoms. The number of hydrogen-bond donors (Lipinski definition) is 2. The maximum absolute atomic E-state index is 4.29. The summed E-state index contributed by atoms with van der Waals surface area (Å²) in [6, 6.07) is 17.7. The van der Waals surface area contributed by atoms with E-state index in [2.05, 4.69) is 70.6 Å². The van der Waals surface area contributed by atoms with Crippen LogP contribution in [-0.2, 0) is 0 Å². The minimum absolute atomic E-state index is 0.794. The van der Waals surface area contributed by atoms with Crippen LogP contribution in [0.25, 0.3) is 16.8 Å². The molecule has 2 aromatic rings. The Balaban J connectivity index is 1.36. The molecule has 0 radical (unpaired) electrons. The molecule has 2 aliphatic heterocycles. The molecule has 0 atom stereocenters. The molecule has 142 valence electrons. The lowest BCUT2D eigenvalue weighted by atomic mass is 9.98. The van der Waals surface area contributed by atoms with Crippen LogP contribution >= 0.6 is 0 Å². The van der Waals surface area contributed by atoms with Gasteiger partial charge in [-0.15, -0.1) is 0 Å². The molecule has 2 heterocycles. The van der Waals surface area contributed by atoms with Gasteiger partial charge in [0, 0.05) is 31.0 Å². The van der Waals surface area contributed by atoms with E-state index in [0.29, 0.717) is 0 Å². The first kappa shape index (κ1) is 18.1. The molecule has 4 rings (SSSR count). The Morgan fingerprint density at radius 3 is 2.15 bits per heavy atom. The Kier molecular flexibility index (Phi) is 5.78. The Labute approximate surface area is 163 Å². The van der Waals surface area contributed by atoms with Crippen LogP contribution in [0, 0.1) is 5.92 Å². The largest absolute Gasteiger partial charge is 0.385 e. The van der Waals surface area contributed by atoms with Crippen molar-refractivity contribution in [3.63, 3.8) is 0 Å². The fraction of sp³-hybridized carbons (Fsp3) is 0.417. The van der Waals surface area contributed by atoms with Crippen LogP contribution in [0.5, 0.6) is 0 Å². The van der Waals surface area contributed by atoms with Crippen molar-refractivity contribution in [1.29, 1.82) is 0 Å². The number of nitrogens with one attached hydrogen (secondary N) is 2. The number of piperidine rings is 1. The van der Waals surface area contributed by atoms with Gasteiger partial charge in [0.2, 0.25) is 0 Å². The topological polar surface area (TPSA) is 27.3 Å². The normalized spacial score (nSPS) is 17.9. The number of nitrogens with zero attached hydrogens (tertiary/aromatic N) is 1. The predicted octanol–water partition coefficient (Wildman–Crippen LogP) is 4.83. The highest BCUT2D eigenvalue weighted by Crippen LogP contribution is 2.26. The fourth-order valence-corrected chi connectivity index (χ4v) is 4.15. The highest BCUT2D eigenvalue weighted by Gasteiger charge is 2.14. The second-order valence-corrected chi connectivity index (χ2v) is 7.87. The van der Waals surface area contributed by atoms with E-state index in [1.54, 1.807) is 0 Å². The van der Waals surface area contributed by atoms with E-state index in [1.807, 2.05) is 0 Å². The zero-order chi connectivity index (χ0) is 18.5. The highest BCUT2D eigenvalue weighted by atomic mass is 15.1. The van der Waals surface area contributed by atoms with Crippen molar-refractivity contribution in [3.05, 3.63) is 60.7 Å². The zero-order valence-corrected chi connectivity index (χ0v) is 16.2. The van der Waals surface area contributed by atoms with Crippen LogP contribution in [-0.4, -0.2) is 37.6 Å². The van der Waals surface area contributed by atoms with Gasteiger partial charge in [-0.2, -0.15) is 0 Å². The maximum atomic E-state index is 4.29. The Hall–Kier alpha value is -2.26. The van der Waals surface area contributed by atoms with E-state index >= 15 is 0 Å². The SMILES string of the molecule is C=C(c1ccc(-c2ccc(NCC3CCNCC3)cc2)cc1)N1CCCC1. The van der Waals surface area contributed by atoms with Crippen molar-refractivity contribution in [3.8, 4) is 11.1 Å². The molecular formula is C24H31N3. The van der Waals surface area contributed by atoms with Crippen LogP contribution in [0.15, 0.2) is 55.1 Å². The number of rotatable bonds is 6. The van der Waals surface area contributed by atoms with Crippen LogP contribution in [0.4, 0.5) is 5.69 Å². The minimum atomic E-state index is 0.794. The lowest BCUT2D eigenvalue weighted by molar-refractivity contribution is 0.390. The average molecular weight is 362 g/mol. The zero-order valence-electron chi connectivity index (χ0n) is 16.2. The third-order valence-corrected chi connectivity index (χ3v) is 5.98. The van der Waals surface area contributed by atoms with E-state index in [0.717, 1.165) is 44.3 Å². The summed E-state index contributed by atoms with van der Waals surface area (Å²) in [5, 5.41) is 7.03. The molecule has 27 heavy (non-hydrogen) atoms. The summed E-state index contributed by atoms with van der Waals surface area (Å²) in [6.45, 7) is 9.98. The van der Waals surface area contributed by atoms with E-state index in [-0.39, 0.29) is 0 Å². The first-order valence-corrected chi connectivity index (χ1v) is 10.4. The van der Waals surface area contributed by atoms with Crippen molar-refractivity contribution >= 4 is 11.4 Å². The molecule has 2 aliphatic rings. The van der Waals surface area contributed by atoms with Gasteiger partial charge < -0.3 is 15.5 Å². The Bertz CT molecular complexity index is 736. The molecule has 3 nitrogen and oxygen atoms in total. The molecule has 2 saturated heterocycles. The second-order valence-electron chi connectivity index (χ2n) is 7.87. The van der Waals surface area contributed by atoms with Gasteiger partial charge >= 0.3 is 0 Å². The summed E-state index contributed by atoms with van der Waals surface area (Å²) in [5.74, 6) is 0.794. The van der Waals surface area contributed by atoms with Crippen LogP contribution in [0.2, 0.25) is 0 Å². The van der Waals surface area contributed by atoms with Crippen molar-refractivity contribution in [2.75, 3.05) is 38.0 Å². The molecule has 3 heteroatoms. The van der Waals surface area contributed by atoms with Crippen molar-refractivity contribution in [2.45, 2.75) is 25.7 Å². The lowest BCUT2D eigenvalue weighted by Gasteiger charge is -2.23. The van der Waals surface area contributed by atoms with Gasteiger partial charge in [0.15, 0.2) is 0 Å². The molecule has 2 aromatic carbocycles. The first-order chi connectivity index (χ1) is 13.3. The number of hydrogen-bond acceptors (Lipinski definition) is 3. The molecule has 0 aliphatic carbocycles. The average Bonchev–Trinajstić information content (AvgIpc) is 3.28. The van der Waals surface area contributed by atoms with E-state index < -0.39 is 0 Å². The maximum Gasteiger partial charge on any atom is 0.0366 e. The lowest BCUT2D eigenvalue weighted by Crippen LogP contribution is -2.31. The number of anilines is 1. The van der Waals surface area contributed by atoms with Crippen LogP contribution < -0.4 is 10.6 Å². The molecule has 2 N–H and O–H groups in total. The summed E-state index contributed by atoms with van der Waals surface area (Å²) >= 11 is 0. The van der Waals surface area contributed by atoms with Crippen molar-refractivity contribution in [2.24, 2.45) is 5.92 Å². The van der Waals surface area contributed by atoms with Crippen molar-refractivity contribution < 1.29 is 0 Å². The van der Waals surface area contributed by atoms with Gasteiger partial charge in [-0.25, -0.2) is 0 Å². The standard InChI is InChI=1S/C24H31N3/c1-19(27-16-2-3-17-27)21-4-6-22(7-5-21)23-8-10-24(11-9-23)26-18-20-12-14-25-15-13-20/h4-11,20,25-26H,1-3,12-18H2. The fourth-order valence-electron chi connectivity index (χ4n) is 4.15. The van der Waals surface area contributed by atoms with Crippen LogP contribution in [0.1, 0.15) is 31.2 Å². The quantitative estimate of drug-likeness (QED) is 0.771. The van der Waals surface area contributed by atoms with Gasteiger partial charge in [-0.05, 0) is 73.5 Å². The molecule has 2 fully saturated rings. The molecule has 0 amide bonds. The van der Waals surface area contributed by atoms with Crippen LogP contribution in [0.3, 0.4) is 0 Å². The molecule has 0 saturated carbocycles. The van der Waals surface area contributed by atoms with E-state index in [1.165, 1.54) is 48.1 Å². The predicted molar refractivity (Wildman–Crippen MR) is 116 cm³/mol. The Morgan fingerprint density at radius 2 is 1.52 bits per heavy atom. The smallest absolute Gasteiger partial charge is 0.0366 e. The summed E-state index contributed by atoms with van der Waals surface area (Å²) in [6.07, 6.45) is 5.13. The van der Waals surface area contributed by atoms with Gasteiger partial charge in [0.05, 0.1) is 0 Å². The summed E-state index contributed by atoms with van der Waals surface area (Å²) in [4.78, 5) is 2.40. The van der Waals surface area contributed by atoms with E-state index in [4.69, 9.17) is 0 Å². The summed E-state index contributed by atoms with van der Waals surface area (Å²) in [7, 11) is 0. The number of likely N-dealkylation sites (tertiary alicyclic amines) is 1. The number of benzene rings is 2. The van der Waals surface area contributed by atoms with Crippen molar-refractivity contribution in [1.82, 2.24) is 10.2 Å². The summed E-state index contributed by atoms with van der Waals surface area (Å²) < 4.78 is 0. The molecular weight excluding hydrogens is 330 g/mol. The second kappa shape index (κ2) is 8.62. The third kappa shape index (κ3) is 4.54. The molecule has 0 spiro atoms. The van der Waals surface area contributed by atoms with Gasteiger partial charge in [0.25, 0.3) is 0 Å². The van der Waals surface area contributed by atoms with Gasteiger partial charge in [-0.1, -0.05) is 43.0 Å². The summed E-state index contributed by atoms with van der Waals surface area (Å²) in [5.41, 5.74) is 6.15. The Morgan fingerprint density at radius 1 is 0.926 bits per heavy atom.